The zero-order valence-electron chi connectivity index (χ0n) is 11.5. The molecule has 0 bridgehead atoms. The van der Waals surface area contributed by atoms with Crippen LogP contribution >= 0.6 is 0 Å². The normalized spacial score (nSPS) is 14.6. The molecule has 1 heterocycles. The lowest BCUT2D eigenvalue weighted by Crippen LogP contribution is -2.25. The summed E-state index contributed by atoms with van der Waals surface area (Å²) in [5.41, 5.74) is 2.55. The smallest absolute Gasteiger partial charge is 0.170 e. The molecule has 2 aromatic rings. The van der Waals surface area contributed by atoms with Crippen LogP contribution in [-0.2, 0) is 6.54 Å². The minimum Gasteiger partial charge on any atom is -0.364 e. The van der Waals surface area contributed by atoms with Crippen molar-refractivity contribution in [3.8, 4) is 0 Å². The second kappa shape index (κ2) is 4.99. The van der Waals surface area contributed by atoms with Gasteiger partial charge in [-0.2, -0.15) is 0 Å². The second-order valence-corrected chi connectivity index (χ2v) is 5.07. The molecule has 0 N–H and O–H groups in total. The highest BCUT2D eigenvalue weighted by molar-refractivity contribution is 5.52. The van der Waals surface area contributed by atoms with Gasteiger partial charge in [-0.05, 0) is 48.7 Å². The van der Waals surface area contributed by atoms with Crippen LogP contribution in [0.1, 0.15) is 37.2 Å². The number of tetrazole rings is 1. The van der Waals surface area contributed by atoms with Crippen molar-refractivity contribution in [3.63, 3.8) is 0 Å². The molecule has 0 atom stereocenters. The molecule has 3 rings (SSSR count). The number of aromatic nitrogens is 4. The molecule has 5 nitrogen and oxygen atoms in total. The number of para-hydroxylation sites is 1. The summed E-state index contributed by atoms with van der Waals surface area (Å²) in [5, 5.41) is 12.1. The topological polar surface area (TPSA) is 46.8 Å². The van der Waals surface area contributed by atoms with Gasteiger partial charge in [-0.1, -0.05) is 18.2 Å². The lowest BCUT2D eigenvalue weighted by molar-refractivity contribution is 0.575. The first-order valence-electron chi connectivity index (χ1n) is 6.87. The fourth-order valence-corrected chi connectivity index (χ4v) is 2.38. The van der Waals surface area contributed by atoms with E-state index in [4.69, 9.17) is 0 Å². The number of anilines is 1. The maximum Gasteiger partial charge on any atom is 0.170 e. The van der Waals surface area contributed by atoms with Gasteiger partial charge in [0.25, 0.3) is 0 Å². The number of hydrogen-bond acceptors (Lipinski definition) is 4. The predicted octanol–water partition coefficient (Wildman–Crippen LogP) is 2.34. The summed E-state index contributed by atoms with van der Waals surface area (Å²) in [5.74, 6) is 0.965. The molecule has 0 unspecified atom stereocenters. The average molecular weight is 257 g/mol. The Morgan fingerprint density at radius 2 is 2.11 bits per heavy atom. The number of hydrogen-bond donors (Lipinski definition) is 0. The van der Waals surface area contributed by atoms with Crippen LogP contribution in [0.2, 0.25) is 0 Å². The van der Waals surface area contributed by atoms with Gasteiger partial charge < -0.3 is 4.90 Å². The van der Waals surface area contributed by atoms with E-state index in [0.717, 1.165) is 18.9 Å². The van der Waals surface area contributed by atoms with Gasteiger partial charge in [0.05, 0.1) is 12.6 Å². The molecule has 100 valence electrons. The van der Waals surface area contributed by atoms with Crippen LogP contribution < -0.4 is 4.90 Å². The van der Waals surface area contributed by atoms with Crippen LogP contribution in [0.3, 0.4) is 0 Å². The lowest BCUT2D eigenvalue weighted by atomic mass is 10.2. The number of benzene rings is 1. The highest BCUT2D eigenvalue weighted by Crippen LogP contribution is 2.34. The van der Waals surface area contributed by atoms with Crippen molar-refractivity contribution < 1.29 is 0 Å². The Bertz CT molecular complexity index is 558. The van der Waals surface area contributed by atoms with Crippen molar-refractivity contribution in [1.82, 2.24) is 20.2 Å². The van der Waals surface area contributed by atoms with E-state index < -0.39 is 0 Å². The summed E-state index contributed by atoms with van der Waals surface area (Å²) in [6.45, 7) is 6.02. The summed E-state index contributed by atoms with van der Waals surface area (Å²) in [6, 6.07) is 8.97. The molecule has 0 aliphatic heterocycles. The molecule has 1 aliphatic rings. The third-order valence-electron chi connectivity index (χ3n) is 3.62. The Hall–Kier alpha value is -1.91. The van der Waals surface area contributed by atoms with Gasteiger partial charge in [-0.15, -0.1) is 5.10 Å². The fourth-order valence-electron chi connectivity index (χ4n) is 2.38. The second-order valence-electron chi connectivity index (χ2n) is 5.07. The van der Waals surface area contributed by atoms with Gasteiger partial charge in [0.15, 0.2) is 5.82 Å². The number of aryl methyl sites for hydroxylation is 1. The molecule has 0 amide bonds. The first kappa shape index (κ1) is 12.1. The standard InChI is InChI=1S/C14H19N5/c1-3-18(13-7-5-4-6-11(13)2)10-14-15-16-17-19(14)12-8-9-12/h4-7,12H,3,8-10H2,1-2H3. The summed E-state index contributed by atoms with van der Waals surface area (Å²) in [4.78, 5) is 2.32. The first-order chi connectivity index (χ1) is 9.29. The van der Waals surface area contributed by atoms with Gasteiger partial charge in [-0.3, -0.25) is 0 Å². The third-order valence-corrected chi connectivity index (χ3v) is 3.62. The number of nitrogens with zero attached hydrogens (tertiary/aromatic N) is 5. The summed E-state index contributed by atoms with van der Waals surface area (Å²) < 4.78 is 1.99. The maximum atomic E-state index is 4.18. The molecular formula is C14H19N5. The van der Waals surface area contributed by atoms with Crippen molar-refractivity contribution in [2.75, 3.05) is 11.4 Å². The summed E-state index contributed by atoms with van der Waals surface area (Å²) in [6.07, 6.45) is 2.41. The Morgan fingerprint density at radius 3 is 2.79 bits per heavy atom. The SMILES string of the molecule is CCN(Cc1nnnn1C1CC1)c1ccccc1C. The van der Waals surface area contributed by atoms with E-state index in [9.17, 15) is 0 Å². The van der Waals surface area contributed by atoms with Gasteiger partial charge in [0.1, 0.15) is 0 Å². The van der Waals surface area contributed by atoms with Crippen LogP contribution in [0, 0.1) is 6.92 Å². The van der Waals surface area contributed by atoms with Crippen molar-refractivity contribution in [2.24, 2.45) is 0 Å². The Morgan fingerprint density at radius 1 is 1.32 bits per heavy atom. The molecule has 1 aliphatic carbocycles. The van der Waals surface area contributed by atoms with Gasteiger partial charge in [0, 0.05) is 12.2 Å². The van der Waals surface area contributed by atoms with E-state index in [-0.39, 0.29) is 0 Å². The van der Waals surface area contributed by atoms with Crippen molar-refractivity contribution in [1.29, 1.82) is 0 Å². The highest BCUT2D eigenvalue weighted by atomic mass is 15.6. The lowest BCUT2D eigenvalue weighted by Gasteiger charge is -2.24. The largest absolute Gasteiger partial charge is 0.364 e. The van der Waals surface area contributed by atoms with Crippen LogP contribution in [0.25, 0.3) is 0 Å². The molecule has 1 fully saturated rings. The zero-order valence-corrected chi connectivity index (χ0v) is 11.5. The first-order valence-corrected chi connectivity index (χ1v) is 6.87. The van der Waals surface area contributed by atoms with E-state index in [0.29, 0.717) is 6.04 Å². The van der Waals surface area contributed by atoms with Gasteiger partial charge >= 0.3 is 0 Å². The Labute approximate surface area is 113 Å². The van der Waals surface area contributed by atoms with Crippen LogP contribution in [0.15, 0.2) is 24.3 Å². The van der Waals surface area contributed by atoms with E-state index in [1.54, 1.807) is 0 Å². The van der Waals surface area contributed by atoms with Gasteiger partial charge in [-0.25, -0.2) is 4.68 Å². The Kier molecular flexibility index (Phi) is 3.19. The monoisotopic (exact) mass is 257 g/mol. The summed E-state index contributed by atoms with van der Waals surface area (Å²) >= 11 is 0. The minimum absolute atomic E-state index is 0.528. The predicted molar refractivity (Wildman–Crippen MR) is 74.0 cm³/mol. The fraction of sp³-hybridized carbons (Fsp3) is 0.500. The van der Waals surface area contributed by atoms with Gasteiger partial charge in [0.2, 0.25) is 0 Å². The minimum atomic E-state index is 0.528. The Balaban J connectivity index is 1.83. The van der Waals surface area contributed by atoms with Crippen LogP contribution in [0.4, 0.5) is 5.69 Å². The van der Waals surface area contributed by atoms with Crippen LogP contribution in [0.5, 0.6) is 0 Å². The van der Waals surface area contributed by atoms with Crippen LogP contribution in [-0.4, -0.2) is 26.8 Å². The third kappa shape index (κ3) is 2.45. The quantitative estimate of drug-likeness (QED) is 0.825. The van der Waals surface area contributed by atoms with E-state index in [2.05, 4.69) is 58.5 Å². The molecule has 0 saturated heterocycles. The molecule has 5 heteroatoms. The van der Waals surface area contributed by atoms with E-state index in [1.165, 1.54) is 24.1 Å². The van der Waals surface area contributed by atoms with Crippen molar-refractivity contribution in [3.05, 3.63) is 35.7 Å². The molecule has 1 aromatic heterocycles. The van der Waals surface area contributed by atoms with Crippen molar-refractivity contribution >= 4 is 5.69 Å². The molecule has 19 heavy (non-hydrogen) atoms. The molecule has 1 aromatic carbocycles. The zero-order chi connectivity index (χ0) is 13.2. The molecule has 1 saturated carbocycles. The van der Waals surface area contributed by atoms with Crippen molar-refractivity contribution in [2.45, 2.75) is 39.3 Å². The summed E-state index contributed by atoms with van der Waals surface area (Å²) in [7, 11) is 0. The van der Waals surface area contributed by atoms with E-state index >= 15 is 0 Å². The molecule has 0 radical (unpaired) electrons. The molecular weight excluding hydrogens is 238 g/mol. The maximum absolute atomic E-state index is 4.18. The highest BCUT2D eigenvalue weighted by Gasteiger charge is 2.28. The molecule has 0 spiro atoms. The van der Waals surface area contributed by atoms with E-state index in [1.807, 2.05) is 4.68 Å². The number of rotatable bonds is 5. The average Bonchev–Trinajstić information content (AvgIpc) is 3.17.